The molecule has 2 N–H and O–H groups in total. The van der Waals surface area contributed by atoms with Crippen LogP contribution in [-0.4, -0.2) is 34.8 Å². The number of hydrogen-bond acceptors (Lipinski definition) is 3. The van der Waals surface area contributed by atoms with Gasteiger partial charge in [0.2, 0.25) is 0 Å². The number of hydrogen-bond donors (Lipinski definition) is 2. The van der Waals surface area contributed by atoms with E-state index in [1.165, 1.54) is 0 Å². The molecule has 0 spiro atoms. The van der Waals surface area contributed by atoms with Gasteiger partial charge in [-0.05, 0) is 32.9 Å². The molecule has 1 aromatic heterocycles. The van der Waals surface area contributed by atoms with Gasteiger partial charge in [0.15, 0.2) is 0 Å². The Kier molecular flexibility index (Phi) is 3.24. The minimum atomic E-state index is -0.0175. The molecule has 0 saturated carbocycles. The second-order valence-electron chi connectivity index (χ2n) is 4.15. The third-order valence-electron chi connectivity index (χ3n) is 2.83. The van der Waals surface area contributed by atoms with Crippen molar-refractivity contribution < 1.29 is 4.79 Å². The molecule has 1 fully saturated rings. The van der Waals surface area contributed by atoms with Crippen LogP contribution in [0, 0.1) is 6.92 Å². The molecular weight excluding hydrogens is 204 g/mol. The molecule has 5 nitrogen and oxygen atoms in total. The Morgan fingerprint density at radius 1 is 1.75 bits per heavy atom. The highest BCUT2D eigenvalue weighted by molar-refractivity contribution is 5.92. The second kappa shape index (κ2) is 4.65. The Hall–Kier alpha value is -1.36. The number of nitrogens with one attached hydrogen (secondary N) is 2. The zero-order chi connectivity index (χ0) is 11.5. The van der Waals surface area contributed by atoms with Crippen LogP contribution in [0.25, 0.3) is 0 Å². The van der Waals surface area contributed by atoms with E-state index >= 15 is 0 Å². The molecule has 0 unspecified atom stereocenters. The van der Waals surface area contributed by atoms with E-state index in [0.29, 0.717) is 5.69 Å². The van der Waals surface area contributed by atoms with Gasteiger partial charge in [-0.3, -0.25) is 9.48 Å². The van der Waals surface area contributed by atoms with Gasteiger partial charge < -0.3 is 10.6 Å². The lowest BCUT2D eigenvalue weighted by atomic mass is 10.2. The predicted octanol–water partition coefficient (Wildman–Crippen LogP) is 0.303. The number of nitrogens with zero attached hydrogens (tertiary/aromatic N) is 2. The van der Waals surface area contributed by atoms with Crippen molar-refractivity contribution in [1.29, 1.82) is 0 Å². The Bertz CT molecular complexity index is 379. The molecule has 0 bridgehead atoms. The normalized spacial score (nSPS) is 20.0. The lowest BCUT2D eigenvalue weighted by Gasteiger charge is -2.11. The van der Waals surface area contributed by atoms with Gasteiger partial charge in [0.1, 0.15) is 5.69 Å². The lowest BCUT2D eigenvalue weighted by Crippen LogP contribution is -2.37. The Morgan fingerprint density at radius 2 is 2.56 bits per heavy atom. The van der Waals surface area contributed by atoms with E-state index in [-0.39, 0.29) is 11.9 Å². The second-order valence-corrected chi connectivity index (χ2v) is 4.15. The maximum Gasteiger partial charge on any atom is 0.269 e. The molecule has 2 rings (SSSR count). The van der Waals surface area contributed by atoms with Crippen molar-refractivity contribution in [2.45, 2.75) is 32.9 Å². The fraction of sp³-hybridized carbons (Fsp3) is 0.636. The first kappa shape index (κ1) is 11.1. The standard InChI is InChI=1S/C11H18N4O/c1-3-15-10(6-8(2)14-15)11(16)13-9-4-5-12-7-9/h6,9,12H,3-5,7H2,1-2H3,(H,13,16)/t9-/m0/s1. The van der Waals surface area contributed by atoms with Crippen molar-refractivity contribution >= 4 is 5.91 Å². The molecule has 1 aromatic rings. The third-order valence-corrected chi connectivity index (χ3v) is 2.83. The van der Waals surface area contributed by atoms with Gasteiger partial charge in [0, 0.05) is 19.1 Å². The van der Waals surface area contributed by atoms with E-state index in [1.807, 2.05) is 19.9 Å². The molecule has 1 aliphatic heterocycles. The molecule has 0 aromatic carbocycles. The van der Waals surface area contributed by atoms with Gasteiger partial charge in [0.25, 0.3) is 5.91 Å². The zero-order valence-electron chi connectivity index (χ0n) is 9.79. The van der Waals surface area contributed by atoms with Crippen LogP contribution in [0.5, 0.6) is 0 Å². The fourth-order valence-electron chi connectivity index (χ4n) is 2.01. The van der Waals surface area contributed by atoms with Gasteiger partial charge >= 0.3 is 0 Å². The van der Waals surface area contributed by atoms with Crippen molar-refractivity contribution in [2.75, 3.05) is 13.1 Å². The van der Waals surface area contributed by atoms with E-state index in [2.05, 4.69) is 15.7 Å². The summed E-state index contributed by atoms with van der Waals surface area (Å²) in [5, 5.41) is 10.5. The van der Waals surface area contributed by atoms with Gasteiger partial charge in [-0.1, -0.05) is 0 Å². The van der Waals surface area contributed by atoms with Crippen LogP contribution in [-0.2, 0) is 6.54 Å². The predicted molar refractivity (Wildman–Crippen MR) is 61.4 cm³/mol. The first-order valence-corrected chi connectivity index (χ1v) is 5.76. The highest BCUT2D eigenvalue weighted by Gasteiger charge is 2.19. The molecule has 1 saturated heterocycles. The molecule has 88 valence electrons. The molecule has 1 atom stereocenters. The average molecular weight is 222 g/mol. The fourth-order valence-corrected chi connectivity index (χ4v) is 2.01. The summed E-state index contributed by atoms with van der Waals surface area (Å²) >= 11 is 0. The van der Waals surface area contributed by atoms with Crippen LogP contribution < -0.4 is 10.6 Å². The number of aromatic nitrogens is 2. The van der Waals surface area contributed by atoms with E-state index < -0.39 is 0 Å². The van der Waals surface area contributed by atoms with Crippen LogP contribution in [0.1, 0.15) is 29.5 Å². The number of carbonyl (C=O) groups is 1. The summed E-state index contributed by atoms with van der Waals surface area (Å²) in [7, 11) is 0. The SMILES string of the molecule is CCn1nc(C)cc1C(=O)N[C@H]1CCNC1. The van der Waals surface area contributed by atoms with E-state index in [4.69, 9.17) is 0 Å². The molecule has 2 heterocycles. The number of aryl methyl sites for hydroxylation is 2. The highest BCUT2D eigenvalue weighted by atomic mass is 16.2. The van der Waals surface area contributed by atoms with Gasteiger partial charge in [-0.25, -0.2) is 0 Å². The summed E-state index contributed by atoms with van der Waals surface area (Å²) in [6.45, 7) is 6.46. The van der Waals surface area contributed by atoms with Crippen LogP contribution in [0.3, 0.4) is 0 Å². The molecule has 0 aliphatic carbocycles. The summed E-state index contributed by atoms with van der Waals surface area (Å²) in [5.74, 6) is -0.0175. The van der Waals surface area contributed by atoms with Crippen LogP contribution in [0.15, 0.2) is 6.07 Å². The Labute approximate surface area is 95.2 Å². The van der Waals surface area contributed by atoms with Crippen molar-refractivity contribution in [3.63, 3.8) is 0 Å². The molecular formula is C11H18N4O. The summed E-state index contributed by atoms with van der Waals surface area (Å²) in [5.41, 5.74) is 1.54. The van der Waals surface area contributed by atoms with Gasteiger partial charge in [0.05, 0.1) is 5.69 Å². The van der Waals surface area contributed by atoms with Crippen molar-refractivity contribution in [3.8, 4) is 0 Å². The maximum atomic E-state index is 12.0. The third kappa shape index (κ3) is 2.24. The number of rotatable bonds is 3. The number of amides is 1. The molecule has 0 radical (unpaired) electrons. The van der Waals surface area contributed by atoms with E-state index in [0.717, 1.165) is 31.7 Å². The summed E-state index contributed by atoms with van der Waals surface area (Å²) < 4.78 is 1.74. The molecule has 16 heavy (non-hydrogen) atoms. The van der Waals surface area contributed by atoms with E-state index in [9.17, 15) is 4.79 Å². The minimum absolute atomic E-state index is 0.0175. The van der Waals surface area contributed by atoms with Gasteiger partial charge in [-0.2, -0.15) is 5.10 Å². The average Bonchev–Trinajstić information content (AvgIpc) is 2.86. The Balaban J connectivity index is 2.07. The maximum absolute atomic E-state index is 12.0. The summed E-state index contributed by atoms with van der Waals surface area (Å²) in [6.07, 6.45) is 1.00. The molecule has 1 amide bonds. The zero-order valence-corrected chi connectivity index (χ0v) is 9.79. The topological polar surface area (TPSA) is 59.0 Å². The van der Waals surface area contributed by atoms with Crippen molar-refractivity contribution in [2.24, 2.45) is 0 Å². The molecule has 1 aliphatic rings. The summed E-state index contributed by atoms with van der Waals surface area (Å²) in [4.78, 5) is 12.0. The van der Waals surface area contributed by atoms with Crippen LogP contribution >= 0.6 is 0 Å². The van der Waals surface area contributed by atoms with Crippen LogP contribution in [0.2, 0.25) is 0 Å². The minimum Gasteiger partial charge on any atom is -0.347 e. The lowest BCUT2D eigenvalue weighted by molar-refractivity contribution is 0.0929. The Morgan fingerprint density at radius 3 is 3.19 bits per heavy atom. The monoisotopic (exact) mass is 222 g/mol. The van der Waals surface area contributed by atoms with Crippen molar-refractivity contribution in [1.82, 2.24) is 20.4 Å². The first-order valence-electron chi connectivity index (χ1n) is 5.76. The largest absolute Gasteiger partial charge is 0.347 e. The molecule has 5 heteroatoms. The highest BCUT2D eigenvalue weighted by Crippen LogP contribution is 2.05. The van der Waals surface area contributed by atoms with Crippen molar-refractivity contribution in [3.05, 3.63) is 17.5 Å². The first-order chi connectivity index (χ1) is 7.70. The van der Waals surface area contributed by atoms with Crippen LogP contribution in [0.4, 0.5) is 0 Å². The van der Waals surface area contributed by atoms with E-state index in [1.54, 1.807) is 4.68 Å². The van der Waals surface area contributed by atoms with Gasteiger partial charge in [-0.15, -0.1) is 0 Å². The number of carbonyl (C=O) groups excluding carboxylic acids is 1. The smallest absolute Gasteiger partial charge is 0.269 e. The summed E-state index contributed by atoms with van der Waals surface area (Å²) in [6, 6.07) is 2.09. The quantitative estimate of drug-likeness (QED) is 0.773.